The van der Waals surface area contributed by atoms with Crippen LogP contribution < -0.4 is 0 Å². The highest BCUT2D eigenvalue weighted by Crippen LogP contribution is 2.31. The van der Waals surface area contributed by atoms with Gasteiger partial charge in [0.25, 0.3) is 5.69 Å². The van der Waals surface area contributed by atoms with Crippen molar-refractivity contribution < 1.29 is 4.92 Å². The molecule has 0 spiro atoms. The molecule has 2 aromatic rings. The van der Waals surface area contributed by atoms with E-state index in [4.69, 9.17) is 11.6 Å². The van der Waals surface area contributed by atoms with Crippen molar-refractivity contribution in [3.63, 3.8) is 0 Å². The second kappa shape index (κ2) is 6.37. The van der Waals surface area contributed by atoms with Crippen molar-refractivity contribution in [2.45, 2.75) is 18.2 Å². The van der Waals surface area contributed by atoms with Crippen LogP contribution in [0.5, 0.6) is 0 Å². The number of hydrogen-bond acceptors (Lipinski definition) is 2. The summed E-state index contributed by atoms with van der Waals surface area (Å²) in [5.74, 6) is 0. The average Bonchev–Trinajstić information content (AvgIpc) is 2.39. The molecule has 0 fully saturated rings. The van der Waals surface area contributed by atoms with Crippen LogP contribution in [0.4, 0.5) is 5.69 Å². The third-order valence-corrected chi connectivity index (χ3v) is 4.18. The van der Waals surface area contributed by atoms with Gasteiger partial charge in [-0.3, -0.25) is 10.1 Å². The van der Waals surface area contributed by atoms with E-state index in [2.05, 4.69) is 15.9 Å². The first-order chi connectivity index (χ1) is 9.47. The zero-order chi connectivity index (χ0) is 14.7. The van der Waals surface area contributed by atoms with E-state index in [1.165, 1.54) is 17.7 Å². The quantitative estimate of drug-likeness (QED) is 0.428. The normalized spacial score (nSPS) is 12.2. The third kappa shape index (κ3) is 3.58. The number of non-ortho nitro benzene ring substituents is 1. The minimum absolute atomic E-state index is 0.113. The van der Waals surface area contributed by atoms with Crippen LogP contribution >= 0.6 is 27.5 Å². The van der Waals surface area contributed by atoms with Crippen LogP contribution in [0.3, 0.4) is 0 Å². The van der Waals surface area contributed by atoms with Crippen molar-refractivity contribution in [2.24, 2.45) is 0 Å². The zero-order valence-corrected chi connectivity index (χ0v) is 13.2. The Bertz CT molecular complexity index is 628. The molecule has 5 heteroatoms. The SMILES string of the molecule is Cc1cc(Cl)ccc1C(Br)Cc1ccc([N+](=O)[O-])cc1. The van der Waals surface area contributed by atoms with Gasteiger partial charge in [0.2, 0.25) is 0 Å². The van der Waals surface area contributed by atoms with E-state index in [9.17, 15) is 10.1 Å². The van der Waals surface area contributed by atoms with Gasteiger partial charge in [0.15, 0.2) is 0 Å². The predicted octanol–water partition coefficient (Wildman–Crippen LogP) is 5.24. The van der Waals surface area contributed by atoms with Gasteiger partial charge in [-0.2, -0.15) is 0 Å². The van der Waals surface area contributed by atoms with Gasteiger partial charge in [-0.15, -0.1) is 0 Å². The summed E-state index contributed by atoms with van der Waals surface area (Å²) in [6.07, 6.45) is 0.764. The monoisotopic (exact) mass is 353 g/mol. The molecule has 0 N–H and O–H groups in total. The van der Waals surface area contributed by atoms with Crippen molar-refractivity contribution in [1.82, 2.24) is 0 Å². The van der Waals surface area contributed by atoms with Gasteiger partial charge in [-0.1, -0.05) is 45.7 Å². The van der Waals surface area contributed by atoms with Crippen LogP contribution in [-0.2, 0) is 6.42 Å². The summed E-state index contributed by atoms with van der Waals surface area (Å²) in [7, 11) is 0. The summed E-state index contributed by atoms with van der Waals surface area (Å²) in [6.45, 7) is 2.02. The topological polar surface area (TPSA) is 43.1 Å². The Hall–Kier alpha value is -1.39. The van der Waals surface area contributed by atoms with Gasteiger partial charge in [-0.25, -0.2) is 0 Å². The van der Waals surface area contributed by atoms with Crippen LogP contribution in [0.15, 0.2) is 42.5 Å². The lowest BCUT2D eigenvalue weighted by Crippen LogP contribution is -1.98. The molecule has 0 aliphatic carbocycles. The maximum atomic E-state index is 10.6. The highest BCUT2D eigenvalue weighted by atomic mass is 79.9. The molecule has 0 aromatic heterocycles. The second-order valence-corrected chi connectivity index (χ2v) is 6.14. The molecular weight excluding hydrogens is 342 g/mol. The van der Waals surface area contributed by atoms with Crippen LogP contribution in [0.25, 0.3) is 0 Å². The van der Waals surface area contributed by atoms with Gasteiger partial charge < -0.3 is 0 Å². The summed E-state index contributed by atoms with van der Waals surface area (Å²) >= 11 is 9.62. The average molecular weight is 355 g/mol. The minimum Gasteiger partial charge on any atom is -0.258 e. The highest BCUT2D eigenvalue weighted by molar-refractivity contribution is 9.09. The van der Waals surface area contributed by atoms with Crippen LogP contribution in [0, 0.1) is 17.0 Å². The molecule has 0 radical (unpaired) electrons. The van der Waals surface area contributed by atoms with Crippen LogP contribution in [0.2, 0.25) is 5.02 Å². The first-order valence-corrected chi connectivity index (χ1v) is 7.40. The van der Waals surface area contributed by atoms with E-state index in [0.717, 1.165) is 22.6 Å². The molecule has 20 heavy (non-hydrogen) atoms. The molecule has 0 bridgehead atoms. The zero-order valence-electron chi connectivity index (χ0n) is 10.8. The molecule has 0 amide bonds. The van der Waals surface area contributed by atoms with E-state index in [0.29, 0.717) is 0 Å². The Kier molecular flexibility index (Phi) is 4.78. The summed E-state index contributed by atoms with van der Waals surface area (Å²) < 4.78 is 0. The van der Waals surface area contributed by atoms with Crippen molar-refractivity contribution in [2.75, 3.05) is 0 Å². The second-order valence-electron chi connectivity index (χ2n) is 4.60. The fourth-order valence-electron chi connectivity index (χ4n) is 2.06. The Morgan fingerprint density at radius 3 is 2.45 bits per heavy atom. The van der Waals surface area contributed by atoms with Crippen molar-refractivity contribution in [1.29, 1.82) is 0 Å². The fraction of sp³-hybridized carbons (Fsp3) is 0.200. The molecule has 2 aromatic carbocycles. The fourth-order valence-corrected chi connectivity index (χ4v) is 3.18. The molecule has 104 valence electrons. The number of nitrogens with zero attached hydrogens (tertiary/aromatic N) is 1. The molecule has 0 saturated carbocycles. The van der Waals surface area contributed by atoms with Gasteiger partial charge in [0.1, 0.15) is 0 Å². The Morgan fingerprint density at radius 1 is 1.25 bits per heavy atom. The maximum absolute atomic E-state index is 10.6. The molecule has 2 rings (SSSR count). The summed E-state index contributed by atoms with van der Waals surface area (Å²) in [4.78, 5) is 10.4. The standard InChI is InChI=1S/C15H13BrClNO2/c1-10-8-12(17)4-7-14(10)15(16)9-11-2-5-13(6-3-11)18(19)20/h2-8,15H,9H2,1H3. The minimum atomic E-state index is -0.390. The van der Waals surface area contributed by atoms with Gasteiger partial charge >= 0.3 is 0 Å². The summed E-state index contributed by atoms with van der Waals surface area (Å²) in [6, 6.07) is 12.4. The van der Waals surface area contributed by atoms with E-state index >= 15 is 0 Å². The molecular formula is C15H13BrClNO2. The first-order valence-electron chi connectivity index (χ1n) is 6.11. The molecule has 1 unspecified atom stereocenters. The number of nitro groups is 1. The third-order valence-electron chi connectivity index (χ3n) is 3.13. The van der Waals surface area contributed by atoms with Gasteiger partial charge in [0.05, 0.1) is 4.92 Å². The van der Waals surface area contributed by atoms with Gasteiger partial charge in [-0.05, 0) is 42.2 Å². The molecule has 1 atom stereocenters. The largest absolute Gasteiger partial charge is 0.269 e. The molecule has 0 heterocycles. The van der Waals surface area contributed by atoms with E-state index < -0.39 is 4.92 Å². The lowest BCUT2D eigenvalue weighted by Gasteiger charge is -2.13. The number of rotatable bonds is 4. The summed E-state index contributed by atoms with van der Waals surface area (Å²) in [5, 5.41) is 11.3. The van der Waals surface area contributed by atoms with Crippen LogP contribution in [-0.4, -0.2) is 4.92 Å². The Balaban J connectivity index is 2.14. The Morgan fingerprint density at radius 2 is 1.90 bits per heavy atom. The number of hydrogen-bond donors (Lipinski definition) is 0. The number of halogens is 2. The number of benzene rings is 2. The summed E-state index contributed by atoms with van der Waals surface area (Å²) in [5.41, 5.74) is 3.46. The smallest absolute Gasteiger partial charge is 0.258 e. The maximum Gasteiger partial charge on any atom is 0.269 e. The first kappa shape index (κ1) is 15.0. The number of nitro benzene ring substituents is 1. The number of aryl methyl sites for hydroxylation is 1. The van der Waals surface area contributed by atoms with Crippen molar-refractivity contribution in [3.05, 3.63) is 74.3 Å². The van der Waals surface area contributed by atoms with Crippen molar-refractivity contribution in [3.8, 4) is 0 Å². The molecule has 0 saturated heterocycles. The lowest BCUT2D eigenvalue weighted by molar-refractivity contribution is -0.384. The van der Waals surface area contributed by atoms with Crippen LogP contribution in [0.1, 0.15) is 21.5 Å². The van der Waals surface area contributed by atoms with E-state index in [1.807, 2.05) is 25.1 Å². The van der Waals surface area contributed by atoms with E-state index in [1.54, 1.807) is 12.1 Å². The molecule has 0 aliphatic rings. The van der Waals surface area contributed by atoms with Gasteiger partial charge in [0, 0.05) is 22.0 Å². The van der Waals surface area contributed by atoms with E-state index in [-0.39, 0.29) is 10.5 Å². The number of alkyl halides is 1. The highest BCUT2D eigenvalue weighted by Gasteiger charge is 2.12. The predicted molar refractivity (Wildman–Crippen MR) is 84.7 cm³/mol. The van der Waals surface area contributed by atoms with Crippen molar-refractivity contribution >= 4 is 33.2 Å². The molecule has 3 nitrogen and oxygen atoms in total. The Labute approximate surface area is 130 Å². The molecule has 0 aliphatic heterocycles. The lowest BCUT2D eigenvalue weighted by atomic mass is 10.0.